The van der Waals surface area contributed by atoms with Crippen molar-refractivity contribution in [2.75, 3.05) is 4.90 Å². The second-order valence-corrected chi connectivity index (χ2v) is 7.63. The Balaban J connectivity index is 1.85. The highest BCUT2D eigenvalue weighted by Crippen LogP contribution is 2.46. The SMILES string of the molecule is C[C@H]1C(=O)C[C@H](c2ccc(C#N)cc2)N(c2ccccc2)[C@@H]1c1ccc(C#N)cc1. The van der Waals surface area contributed by atoms with Gasteiger partial charge in [-0.3, -0.25) is 4.79 Å². The van der Waals surface area contributed by atoms with Crippen molar-refractivity contribution in [2.45, 2.75) is 25.4 Å². The highest BCUT2D eigenvalue weighted by molar-refractivity contribution is 5.85. The molecule has 1 saturated heterocycles. The number of benzene rings is 3. The Labute approximate surface area is 176 Å². The maximum Gasteiger partial charge on any atom is 0.140 e. The zero-order valence-electron chi connectivity index (χ0n) is 16.7. The van der Waals surface area contributed by atoms with E-state index >= 15 is 0 Å². The van der Waals surface area contributed by atoms with E-state index in [9.17, 15) is 4.79 Å². The van der Waals surface area contributed by atoms with Crippen molar-refractivity contribution >= 4 is 11.5 Å². The van der Waals surface area contributed by atoms with Crippen molar-refractivity contribution in [3.8, 4) is 12.1 Å². The van der Waals surface area contributed by atoms with Gasteiger partial charge in [0.2, 0.25) is 0 Å². The minimum Gasteiger partial charge on any atom is -0.356 e. The molecule has 3 aromatic carbocycles. The molecule has 1 fully saturated rings. The van der Waals surface area contributed by atoms with Gasteiger partial charge in [0.25, 0.3) is 0 Å². The van der Waals surface area contributed by atoms with Gasteiger partial charge >= 0.3 is 0 Å². The van der Waals surface area contributed by atoms with Crippen LogP contribution in [0.25, 0.3) is 0 Å². The maximum atomic E-state index is 13.1. The third-order valence-electron chi connectivity index (χ3n) is 5.87. The van der Waals surface area contributed by atoms with Gasteiger partial charge in [-0.2, -0.15) is 10.5 Å². The third kappa shape index (κ3) is 3.56. The lowest BCUT2D eigenvalue weighted by Crippen LogP contribution is -2.45. The lowest BCUT2D eigenvalue weighted by Gasteiger charge is -2.47. The van der Waals surface area contributed by atoms with E-state index in [0.717, 1.165) is 16.8 Å². The molecule has 3 atom stereocenters. The molecule has 4 heteroatoms. The number of piperidine rings is 1. The van der Waals surface area contributed by atoms with Crippen LogP contribution in [0, 0.1) is 28.6 Å². The number of nitriles is 2. The van der Waals surface area contributed by atoms with E-state index in [1.54, 1.807) is 24.3 Å². The summed E-state index contributed by atoms with van der Waals surface area (Å²) >= 11 is 0. The molecule has 1 aliphatic heterocycles. The number of carbonyl (C=O) groups excluding carboxylic acids is 1. The molecular formula is C26H21N3O. The second kappa shape index (κ2) is 8.23. The molecule has 0 radical (unpaired) electrons. The number of rotatable bonds is 3. The average Bonchev–Trinajstić information content (AvgIpc) is 2.81. The highest BCUT2D eigenvalue weighted by atomic mass is 16.1. The first-order valence-corrected chi connectivity index (χ1v) is 9.98. The van der Waals surface area contributed by atoms with E-state index in [1.807, 2.05) is 49.4 Å². The van der Waals surface area contributed by atoms with Crippen molar-refractivity contribution in [1.29, 1.82) is 10.5 Å². The molecule has 0 N–H and O–H groups in total. The van der Waals surface area contributed by atoms with E-state index in [4.69, 9.17) is 10.5 Å². The zero-order chi connectivity index (χ0) is 21.1. The number of hydrogen-bond donors (Lipinski definition) is 0. The molecule has 0 unspecified atom stereocenters. The van der Waals surface area contributed by atoms with Crippen molar-refractivity contribution in [2.24, 2.45) is 5.92 Å². The number of ketones is 1. The molecule has 0 amide bonds. The van der Waals surface area contributed by atoms with E-state index < -0.39 is 0 Å². The number of nitrogens with zero attached hydrogens (tertiary/aromatic N) is 3. The first-order valence-electron chi connectivity index (χ1n) is 9.98. The predicted octanol–water partition coefficient (Wildman–Crippen LogP) is 5.33. The van der Waals surface area contributed by atoms with Gasteiger partial charge in [0.15, 0.2) is 0 Å². The fourth-order valence-electron chi connectivity index (χ4n) is 4.29. The first-order chi connectivity index (χ1) is 14.6. The van der Waals surface area contributed by atoms with Gasteiger partial charge in [-0.05, 0) is 47.5 Å². The molecule has 4 rings (SSSR count). The normalized spacial score (nSPS) is 21.0. The van der Waals surface area contributed by atoms with Gasteiger partial charge in [0.05, 0.1) is 35.3 Å². The van der Waals surface area contributed by atoms with Gasteiger partial charge < -0.3 is 4.90 Å². The van der Waals surface area contributed by atoms with Gasteiger partial charge in [-0.15, -0.1) is 0 Å². The van der Waals surface area contributed by atoms with Crippen molar-refractivity contribution in [3.05, 3.63) is 101 Å². The molecular weight excluding hydrogens is 370 g/mol. The largest absolute Gasteiger partial charge is 0.356 e. The Morgan fingerprint density at radius 2 is 1.33 bits per heavy atom. The van der Waals surface area contributed by atoms with Gasteiger partial charge in [-0.1, -0.05) is 49.4 Å². The lowest BCUT2D eigenvalue weighted by molar-refractivity contribution is -0.125. The highest BCUT2D eigenvalue weighted by Gasteiger charge is 2.41. The quantitative estimate of drug-likeness (QED) is 0.605. The zero-order valence-corrected chi connectivity index (χ0v) is 16.7. The van der Waals surface area contributed by atoms with Gasteiger partial charge in [0, 0.05) is 18.0 Å². The van der Waals surface area contributed by atoms with Crippen molar-refractivity contribution < 1.29 is 4.79 Å². The van der Waals surface area contributed by atoms with Crippen LogP contribution in [0.1, 0.15) is 47.7 Å². The Kier molecular flexibility index (Phi) is 5.33. The summed E-state index contributed by atoms with van der Waals surface area (Å²) in [6, 6.07) is 29.1. The number of anilines is 1. The fourth-order valence-corrected chi connectivity index (χ4v) is 4.29. The van der Waals surface area contributed by atoms with Crippen LogP contribution in [0.4, 0.5) is 5.69 Å². The third-order valence-corrected chi connectivity index (χ3v) is 5.87. The molecule has 0 spiro atoms. The average molecular weight is 391 g/mol. The summed E-state index contributed by atoms with van der Waals surface area (Å²) in [6.45, 7) is 1.98. The second-order valence-electron chi connectivity index (χ2n) is 7.63. The van der Waals surface area contributed by atoms with Crippen molar-refractivity contribution in [1.82, 2.24) is 0 Å². The van der Waals surface area contributed by atoms with Crippen LogP contribution in [-0.2, 0) is 4.79 Å². The number of Topliss-reactive ketones (excluding diaryl/α,β-unsaturated/α-hetero) is 1. The predicted molar refractivity (Wildman–Crippen MR) is 116 cm³/mol. The molecule has 3 aromatic rings. The summed E-state index contributed by atoms with van der Waals surface area (Å²) in [7, 11) is 0. The molecule has 30 heavy (non-hydrogen) atoms. The molecule has 0 saturated carbocycles. The topological polar surface area (TPSA) is 67.9 Å². The number of hydrogen-bond acceptors (Lipinski definition) is 4. The monoisotopic (exact) mass is 391 g/mol. The minimum absolute atomic E-state index is 0.135. The van der Waals surface area contributed by atoms with E-state index in [1.165, 1.54) is 0 Å². The summed E-state index contributed by atoms with van der Waals surface area (Å²) in [5.41, 5.74) is 4.27. The standard InChI is InChI=1S/C26H21N3O/c1-18-25(30)15-24(21-11-7-19(16-27)8-12-21)29(23-5-3-2-4-6-23)26(18)22-13-9-20(17-28)10-14-22/h2-14,18,24,26H,15H2,1H3/t18-,24+,26-/m0/s1. The molecule has 0 bridgehead atoms. The van der Waals surface area contributed by atoms with Crippen LogP contribution in [0.5, 0.6) is 0 Å². The number of carbonyl (C=O) groups is 1. The van der Waals surface area contributed by atoms with E-state index in [2.05, 4.69) is 29.2 Å². The molecule has 146 valence electrons. The van der Waals surface area contributed by atoms with Crippen LogP contribution in [0.3, 0.4) is 0 Å². The van der Waals surface area contributed by atoms with Gasteiger partial charge in [-0.25, -0.2) is 0 Å². The van der Waals surface area contributed by atoms with Crippen LogP contribution in [-0.4, -0.2) is 5.78 Å². The van der Waals surface area contributed by atoms with Crippen molar-refractivity contribution in [3.63, 3.8) is 0 Å². The molecule has 0 aliphatic carbocycles. The summed E-state index contributed by atoms with van der Waals surface area (Å²) in [5, 5.41) is 18.3. The Bertz CT molecular complexity index is 1120. The molecule has 4 nitrogen and oxygen atoms in total. The van der Waals surface area contributed by atoms with Crippen LogP contribution in [0.15, 0.2) is 78.9 Å². The van der Waals surface area contributed by atoms with Gasteiger partial charge in [0.1, 0.15) is 5.78 Å². The molecule has 1 aliphatic rings. The lowest BCUT2D eigenvalue weighted by atomic mass is 9.79. The molecule has 1 heterocycles. The van der Waals surface area contributed by atoms with Crippen LogP contribution in [0.2, 0.25) is 0 Å². The number of para-hydroxylation sites is 1. The Hall–Kier alpha value is -3.89. The summed E-state index contributed by atoms with van der Waals surface area (Å²) in [4.78, 5) is 15.4. The van der Waals surface area contributed by atoms with E-state index in [-0.39, 0.29) is 23.8 Å². The van der Waals surface area contributed by atoms with Crippen LogP contribution >= 0.6 is 0 Å². The summed E-state index contributed by atoms with van der Waals surface area (Å²) in [6.07, 6.45) is 0.411. The maximum absolute atomic E-state index is 13.1. The minimum atomic E-state index is -0.187. The van der Waals surface area contributed by atoms with Crippen LogP contribution < -0.4 is 4.90 Å². The Morgan fingerprint density at radius 1 is 0.800 bits per heavy atom. The molecule has 0 aromatic heterocycles. The van der Waals surface area contributed by atoms with E-state index in [0.29, 0.717) is 17.5 Å². The smallest absolute Gasteiger partial charge is 0.140 e. The summed E-state index contributed by atoms with van der Waals surface area (Å²) in [5.74, 6) is 0.0266. The first kappa shape index (κ1) is 19.4. The fraction of sp³-hybridized carbons (Fsp3) is 0.192. The Morgan fingerprint density at radius 3 is 1.87 bits per heavy atom. The summed E-state index contributed by atoms with van der Waals surface area (Å²) < 4.78 is 0.